The number of benzene rings is 1. The van der Waals surface area contributed by atoms with Crippen LogP contribution in [0.3, 0.4) is 0 Å². The standard InChI is InChI=1S/C18H20N4O2S/c1-2-4-16-20-21-18(25-16)19-15(23)11-8-13-6-9-14(10-7-13)22-12-3-5-17(22)24/h6-11H,2-5,12H2,1H3,(H,19,21,23)/b11-8+. The van der Waals surface area contributed by atoms with E-state index in [0.717, 1.165) is 42.1 Å². The van der Waals surface area contributed by atoms with E-state index in [0.29, 0.717) is 11.6 Å². The first-order valence-electron chi connectivity index (χ1n) is 8.37. The summed E-state index contributed by atoms with van der Waals surface area (Å²) in [6.07, 6.45) is 6.60. The Morgan fingerprint density at radius 3 is 2.80 bits per heavy atom. The van der Waals surface area contributed by atoms with Crippen LogP contribution >= 0.6 is 11.3 Å². The molecule has 3 rings (SSSR count). The van der Waals surface area contributed by atoms with E-state index in [-0.39, 0.29) is 11.8 Å². The fraction of sp³-hybridized carbons (Fsp3) is 0.333. The van der Waals surface area contributed by atoms with Crippen LogP contribution in [0.5, 0.6) is 0 Å². The molecule has 2 heterocycles. The quantitative estimate of drug-likeness (QED) is 0.806. The minimum absolute atomic E-state index is 0.169. The molecule has 0 saturated carbocycles. The zero-order valence-corrected chi connectivity index (χ0v) is 14.9. The number of carbonyl (C=O) groups excluding carboxylic acids is 2. The van der Waals surface area contributed by atoms with Crippen molar-refractivity contribution >= 4 is 40.0 Å². The average molecular weight is 356 g/mol. The summed E-state index contributed by atoms with van der Waals surface area (Å²) in [6.45, 7) is 2.85. The monoisotopic (exact) mass is 356 g/mol. The van der Waals surface area contributed by atoms with E-state index in [9.17, 15) is 9.59 Å². The molecule has 2 aromatic rings. The van der Waals surface area contributed by atoms with E-state index in [4.69, 9.17) is 0 Å². The molecular formula is C18H20N4O2S. The summed E-state index contributed by atoms with van der Waals surface area (Å²) in [5.41, 5.74) is 1.80. The highest BCUT2D eigenvalue weighted by molar-refractivity contribution is 7.15. The van der Waals surface area contributed by atoms with Crippen LogP contribution in [-0.4, -0.2) is 28.6 Å². The van der Waals surface area contributed by atoms with Crippen LogP contribution in [0.15, 0.2) is 30.3 Å². The smallest absolute Gasteiger partial charge is 0.250 e. The predicted molar refractivity (Wildman–Crippen MR) is 99.6 cm³/mol. The minimum Gasteiger partial charge on any atom is -0.312 e. The highest BCUT2D eigenvalue weighted by Crippen LogP contribution is 2.22. The average Bonchev–Trinajstić information content (AvgIpc) is 3.23. The molecule has 1 aliphatic rings. The van der Waals surface area contributed by atoms with Crippen LogP contribution in [-0.2, 0) is 16.0 Å². The fourth-order valence-corrected chi connectivity index (χ4v) is 3.47. The van der Waals surface area contributed by atoms with Gasteiger partial charge in [-0.2, -0.15) is 0 Å². The Kier molecular flexibility index (Phi) is 5.55. The van der Waals surface area contributed by atoms with Crippen molar-refractivity contribution in [1.82, 2.24) is 10.2 Å². The number of rotatable bonds is 6. The molecule has 0 atom stereocenters. The molecular weight excluding hydrogens is 336 g/mol. The van der Waals surface area contributed by atoms with Crippen LogP contribution in [0.2, 0.25) is 0 Å². The third-order valence-electron chi connectivity index (χ3n) is 3.87. The van der Waals surface area contributed by atoms with Gasteiger partial charge in [0.1, 0.15) is 5.01 Å². The summed E-state index contributed by atoms with van der Waals surface area (Å²) in [7, 11) is 0. The van der Waals surface area contributed by atoms with Gasteiger partial charge in [-0.25, -0.2) is 0 Å². The number of amides is 2. The van der Waals surface area contributed by atoms with Crippen molar-refractivity contribution in [2.24, 2.45) is 0 Å². The van der Waals surface area contributed by atoms with Gasteiger partial charge in [0.2, 0.25) is 16.9 Å². The van der Waals surface area contributed by atoms with E-state index >= 15 is 0 Å². The number of nitrogens with one attached hydrogen (secondary N) is 1. The van der Waals surface area contributed by atoms with Crippen LogP contribution in [0.4, 0.5) is 10.8 Å². The molecule has 6 nitrogen and oxygen atoms in total. The summed E-state index contributed by atoms with van der Waals surface area (Å²) < 4.78 is 0. The van der Waals surface area contributed by atoms with Crippen molar-refractivity contribution in [1.29, 1.82) is 0 Å². The van der Waals surface area contributed by atoms with E-state index in [1.54, 1.807) is 11.0 Å². The summed E-state index contributed by atoms with van der Waals surface area (Å²) in [4.78, 5) is 25.5. The Bertz CT molecular complexity index is 783. The SMILES string of the molecule is CCCc1nnc(NC(=O)/C=C/c2ccc(N3CCCC3=O)cc2)s1. The normalized spacial score (nSPS) is 14.4. The Hall–Kier alpha value is -2.54. The molecule has 1 N–H and O–H groups in total. The first-order chi connectivity index (χ1) is 12.2. The van der Waals surface area contributed by atoms with Gasteiger partial charge < -0.3 is 4.90 Å². The van der Waals surface area contributed by atoms with Crippen molar-refractivity contribution in [3.05, 3.63) is 40.9 Å². The van der Waals surface area contributed by atoms with Crippen LogP contribution in [0.25, 0.3) is 6.08 Å². The Labute approximate surface area is 150 Å². The van der Waals surface area contributed by atoms with Crippen LogP contribution < -0.4 is 10.2 Å². The number of hydrogen-bond acceptors (Lipinski definition) is 5. The predicted octanol–water partition coefficient (Wildman–Crippen LogP) is 3.27. The molecule has 1 fully saturated rings. The molecule has 25 heavy (non-hydrogen) atoms. The lowest BCUT2D eigenvalue weighted by Crippen LogP contribution is -2.23. The van der Waals surface area contributed by atoms with Crippen molar-refractivity contribution in [3.63, 3.8) is 0 Å². The zero-order chi connectivity index (χ0) is 17.6. The minimum atomic E-state index is -0.238. The van der Waals surface area contributed by atoms with Gasteiger partial charge in [0.15, 0.2) is 0 Å². The maximum atomic E-state index is 12.0. The maximum Gasteiger partial charge on any atom is 0.250 e. The fourth-order valence-electron chi connectivity index (χ4n) is 2.62. The molecule has 0 aliphatic carbocycles. The zero-order valence-electron chi connectivity index (χ0n) is 14.1. The van der Waals surface area contributed by atoms with Gasteiger partial charge in [-0.3, -0.25) is 14.9 Å². The highest BCUT2D eigenvalue weighted by Gasteiger charge is 2.21. The first kappa shape index (κ1) is 17.3. The molecule has 0 spiro atoms. The third-order valence-corrected chi connectivity index (χ3v) is 4.76. The summed E-state index contributed by atoms with van der Waals surface area (Å²) in [6, 6.07) is 7.61. The van der Waals surface area contributed by atoms with Crippen LogP contribution in [0, 0.1) is 0 Å². The van der Waals surface area contributed by atoms with Crippen molar-refractivity contribution < 1.29 is 9.59 Å². The van der Waals surface area contributed by atoms with Gasteiger partial charge in [-0.15, -0.1) is 10.2 Å². The molecule has 1 saturated heterocycles. The van der Waals surface area contributed by atoms with Crippen molar-refractivity contribution in [2.75, 3.05) is 16.8 Å². The second-order valence-electron chi connectivity index (χ2n) is 5.81. The lowest BCUT2D eigenvalue weighted by atomic mass is 10.2. The molecule has 0 radical (unpaired) electrons. The lowest BCUT2D eigenvalue weighted by Gasteiger charge is -2.15. The molecule has 0 bridgehead atoms. The largest absolute Gasteiger partial charge is 0.312 e. The topological polar surface area (TPSA) is 75.2 Å². The highest BCUT2D eigenvalue weighted by atomic mass is 32.1. The van der Waals surface area contributed by atoms with E-state index < -0.39 is 0 Å². The number of aromatic nitrogens is 2. The third kappa shape index (κ3) is 4.51. The Morgan fingerprint density at radius 2 is 2.12 bits per heavy atom. The molecule has 7 heteroatoms. The van der Waals surface area contributed by atoms with Gasteiger partial charge >= 0.3 is 0 Å². The number of hydrogen-bond donors (Lipinski definition) is 1. The van der Waals surface area contributed by atoms with Gasteiger partial charge in [-0.05, 0) is 36.6 Å². The lowest BCUT2D eigenvalue weighted by molar-refractivity contribution is -0.117. The molecule has 0 unspecified atom stereocenters. The number of anilines is 2. The second kappa shape index (κ2) is 8.02. The van der Waals surface area contributed by atoms with Crippen LogP contribution in [0.1, 0.15) is 36.8 Å². The summed E-state index contributed by atoms with van der Waals surface area (Å²) in [5, 5.41) is 12.1. The van der Waals surface area contributed by atoms with Gasteiger partial charge in [-0.1, -0.05) is 30.4 Å². The maximum absolute atomic E-state index is 12.0. The van der Waals surface area contributed by atoms with Crippen molar-refractivity contribution in [2.45, 2.75) is 32.6 Å². The molecule has 1 aromatic heterocycles. The van der Waals surface area contributed by atoms with Crippen molar-refractivity contribution in [3.8, 4) is 0 Å². The van der Waals surface area contributed by atoms with E-state index in [2.05, 4.69) is 22.4 Å². The van der Waals surface area contributed by atoms with E-state index in [1.807, 2.05) is 24.3 Å². The van der Waals surface area contributed by atoms with E-state index in [1.165, 1.54) is 17.4 Å². The molecule has 2 amide bonds. The number of carbonyl (C=O) groups is 2. The van der Waals surface area contributed by atoms with Gasteiger partial charge in [0, 0.05) is 31.1 Å². The Balaban J connectivity index is 1.57. The van der Waals surface area contributed by atoms with Gasteiger partial charge in [0.25, 0.3) is 0 Å². The number of aryl methyl sites for hydroxylation is 1. The Morgan fingerprint density at radius 1 is 1.32 bits per heavy atom. The summed E-state index contributed by atoms with van der Waals surface area (Å²) >= 11 is 1.40. The molecule has 1 aromatic carbocycles. The van der Waals surface area contributed by atoms with Gasteiger partial charge in [0.05, 0.1) is 0 Å². The molecule has 130 valence electrons. The molecule has 1 aliphatic heterocycles. The second-order valence-corrected chi connectivity index (χ2v) is 6.88. The first-order valence-corrected chi connectivity index (χ1v) is 9.19. The summed E-state index contributed by atoms with van der Waals surface area (Å²) in [5.74, 6) is -0.0693. The number of nitrogens with zero attached hydrogens (tertiary/aromatic N) is 3.